The molecule has 0 saturated carbocycles. The summed E-state index contributed by atoms with van der Waals surface area (Å²) in [6.45, 7) is 6.55. The number of carbonyl (C=O) groups excluding carboxylic acids is 1. The van der Waals surface area contributed by atoms with Gasteiger partial charge in [-0.15, -0.1) is 0 Å². The SMILES string of the molecule is CCN1CCN(c2nc3ccccc3nc2[C@H](C#N)C(=O)OC)CC1. The molecule has 1 atom stereocenters. The van der Waals surface area contributed by atoms with Crippen LogP contribution in [0.4, 0.5) is 5.82 Å². The van der Waals surface area contributed by atoms with E-state index in [1.165, 1.54) is 7.11 Å². The number of nitriles is 1. The minimum Gasteiger partial charge on any atom is -0.468 e. The Bertz CT molecular complexity index is 809. The van der Waals surface area contributed by atoms with Crippen molar-refractivity contribution in [1.82, 2.24) is 14.9 Å². The Morgan fingerprint density at radius 1 is 1.24 bits per heavy atom. The first-order valence-electron chi connectivity index (χ1n) is 8.39. The highest BCUT2D eigenvalue weighted by Gasteiger charge is 2.30. The quantitative estimate of drug-likeness (QED) is 0.782. The van der Waals surface area contributed by atoms with Crippen molar-refractivity contribution in [1.29, 1.82) is 5.26 Å². The molecule has 0 bridgehead atoms. The third-order valence-electron chi connectivity index (χ3n) is 4.54. The van der Waals surface area contributed by atoms with Crippen molar-refractivity contribution in [2.45, 2.75) is 12.8 Å². The lowest BCUT2D eigenvalue weighted by atomic mass is 10.1. The van der Waals surface area contributed by atoms with Gasteiger partial charge in [-0.05, 0) is 18.7 Å². The highest BCUT2D eigenvalue weighted by Crippen LogP contribution is 2.28. The monoisotopic (exact) mass is 339 g/mol. The predicted molar refractivity (Wildman–Crippen MR) is 94.2 cm³/mol. The molecule has 2 aromatic rings. The number of piperazine rings is 1. The average Bonchev–Trinajstić information content (AvgIpc) is 2.68. The number of anilines is 1. The fraction of sp³-hybridized carbons (Fsp3) is 0.444. The Morgan fingerprint density at radius 2 is 1.88 bits per heavy atom. The molecule has 0 spiro atoms. The fourth-order valence-corrected chi connectivity index (χ4v) is 3.05. The molecule has 1 fully saturated rings. The normalized spacial score (nSPS) is 16.4. The molecule has 7 heteroatoms. The van der Waals surface area contributed by atoms with E-state index < -0.39 is 11.9 Å². The zero-order chi connectivity index (χ0) is 17.8. The van der Waals surface area contributed by atoms with Crippen LogP contribution in [-0.2, 0) is 9.53 Å². The molecule has 1 saturated heterocycles. The molecule has 0 radical (unpaired) electrons. The average molecular weight is 339 g/mol. The smallest absolute Gasteiger partial charge is 0.329 e. The second-order valence-electron chi connectivity index (χ2n) is 5.93. The molecule has 2 heterocycles. The van der Waals surface area contributed by atoms with Gasteiger partial charge < -0.3 is 14.5 Å². The van der Waals surface area contributed by atoms with Gasteiger partial charge in [0, 0.05) is 26.2 Å². The molecule has 3 rings (SSSR count). The summed E-state index contributed by atoms with van der Waals surface area (Å²) >= 11 is 0. The lowest BCUT2D eigenvalue weighted by molar-refractivity contribution is -0.141. The van der Waals surface area contributed by atoms with Crippen molar-refractivity contribution >= 4 is 22.8 Å². The summed E-state index contributed by atoms with van der Waals surface area (Å²) < 4.78 is 4.79. The molecule has 1 aliphatic heterocycles. The van der Waals surface area contributed by atoms with Crippen molar-refractivity contribution in [3.8, 4) is 6.07 Å². The van der Waals surface area contributed by atoms with Crippen LogP contribution in [0.15, 0.2) is 24.3 Å². The van der Waals surface area contributed by atoms with Crippen molar-refractivity contribution < 1.29 is 9.53 Å². The number of aromatic nitrogens is 2. The van der Waals surface area contributed by atoms with Crippen LogP contribution in [0, 0.1) is 11.3 Å². The summed E-state index contributed by atoms with van der Waals surface area (Å²) in [7, 11) is 1.28. The molecule has 1 aromatic carbocycles. The first-order chi connectivity index (χ1) is 12.2. The number of carbonyl (C=O) groups is 1. The number of rotatable bonds is 4. The van der Waals surface area contributed by atoms with Gasteiger partial charge in [-0.1, -0.05) is 19.1 Å². The first kappa shape index (κ1) is 17.1. The fourth-order valence-electron chi connectivity index (χ4n) is 3.05. The van der Waals surface area contributed by atoms with Crippen molar-refractivity contribution in [3.63, 3.8) is 0 Å². The number of fused-ring (bicyclic) bond motifs is 1. The maximum atomic E-state index is 12.1. The third-order valence-corrected chi connectivity index (χ3v) is 4.54. The molecule has 130 valence electrons. The zero-order valence-electron chi connectivity index (χ0n) is 14.5. The lowest BCUT2D eigenvalue weighted by Gasteiger charge is -2.35. The predicted octanol–water partition coefficient (Wildman–Crippen LogP) is 1.55. The van der Waals surface area contributed by atoms with Crippen molar-refractivity contribution in [2.75, 3.05) is 44.7 Å². The van der Waals surface area contributed by atoms with Gasteiger partial charge in [-0.2, -0.15) is 5.26 Å². The van der Waals surface area contributed by atoms with Crippen LogP contribution in [-0.4, -0.2) is 60.7 Å². The number of esters is 1. The van der Waals surface area contributed by atoms with Crippen LogP contribution in [0.2, 0.25) is 0 Å². The number of hydrogen-bond acceptors (Lipinski definition) is 7. The summed E-state index contributed by atoms with van der Waals surface area (Å²) in [6.07, 6.45) is 0. The molecule has 1 aromatic heterocycles. The molecule has 1 aliphatic rings. The number of nitrogens with zero attached hydrogens (tertiary/aromatic N) is 5. The number of methoxy groups -OCH3 is 1. The van der Waals surface area contributed by atoms with E-state index in [9.17, 15) is 10.1 Å². The Balaban J connectivity index is 2.07. The van der Waals surface area contributed by atoms with Gasteiger partial charge in [0.1, 0.15) is 5.69 Å². The van der Waals surface area contributed by atoms with Gasteiger partial charge >= 0.3 is 5.97 Å². The van der Waals surface area contributed by atoms with Crippen molar-refractivity contribution in [2.24, 2.45) is 0 Å². The highest BCUT2D eigenvalue weighted by atomic mass is 16.5. The maximum absolute atomic E-state index is 12.1. The standard InChI is InChI=1S/C18H21N5O2/c1-3-22-8-10-23(11-9-22)17-16(13(12-19)18(24)25-2)20-14-6-4-5-7-15(14)21-17/h4-7,13H,3,8-11H2,1-2H3/t13-/m0/s1. The molecule has 0 aliphatic carbocycles. The highest BCUT2D eigenvalue weighted by molar-refractivity contribution is 5.85. The summed E-state index contributed by atoms with van der Waals surface area (Å²) in [5, 5.41) is 9.51. The summed E-state index contributed by atoms with van der Waals surface area (Å²) in [5.41, 5.74) is 1.79. The minimum atomic E-state index is -1.08. The summed E-state index contributed by atoms with van der Waals surface area (Å²) in [5.74, 6) is -1.09. The van der Waals surface area contributed by atoms with E-state index >= 15 is 0 Å². The summed E-state index contributed by atoms with van der Waals surface area (Å²) in [6, 6.07) is 9.50. The van der Waals surface area contributed by atoms with Gasteiger partial charge in [0.25, 0.3) is 0 Å². The molecule has 7 nitrogen and oxygen atoms in total. The van der Waals surface area contributed by atoms with Gasteiger partial charge in [0.15, 0.2) is 11.7 Å². The second kappa shape index (κ2) is 7.45. The van der Waals surface area contributed by atoms with Crippen LogP contribution < -0.4 is 4.90 Å². The van der Waals surface area contributed by atoms with Crippen LogP contribution in [0.5, 0.6) is 0 Å². The van der Waals surface area contributed by atoms with Crippen LogP contribution in [0.25, 0.3) is 11.0 Å². The molecule has 0 unspecified atom stereocenters. The Morgan fingerprint density at radius 3 is 2.44 bits per heavy atom. The van der Waals surface area contributed by atoms with Crippen molar-refractivity contribution in [3.05, 3.63) is 30.0 Å². The van der Waals surface area contributed by atoms with E-state index in [0.717, 1.165) is 38.2 Å². The molecule has 25 heavy (non-hydrogen) atoms. The number of para-hydroxylation sites is 2. The topological polar surface area (TPSA) is 82.4 Å². The number of hydrogen-bond donors (Lipinski definition) is 0. The third kappa shape index (κ3) is 3.39. The first-order valence-corrected chi connectivity index (χ1v) is 8.39. The Hall–Kier alpha value is -2.72. The van der Waals surface area contributed by atoms with Crippen LogP contribution >= 0.6 is 0 Å². The molecular weight excluding hydrogens is 318 g/mol. The van der Waals surface area contributed by atoms with E-state index in [1.54, 1.807) is 0 Å². The van der Waals surface area contributed by atoms with Crippen LogP contribution in [0.1, 0.15) is 18.5 Å². The molecule has 0 N–H and O–H groups in total. The second-order valence-corrected chi connectivity index (χ2v) is 5.93. The maximum Gasteiger partial charge on any atom is 0.329 e. The van der Waals surface area contributed by atoms with E-state index in [1.807, 2.05) is 30.3 Å². The Kier molecular flexibility index (Phi) is 5.10. The van der Waals surface area contributed by atoms with E-state index in [2.05, 4.69) is 21.7 Å². The lowest BCUT2D eigenvalue weighted by Crippen LogP contribution is -2.47. The number of benzene rings is 1. The molecule has 0 amide bonds. The van der Waals surface area contributed by atoms with Gasteiger partial charge in [-0.3, -0.25) is 4.79 Å². The van der Waals surface area contributed by atoms with Gasteiger partial charge in [0.2, 0.25) is 0 Å². The Labute approximate surface area is 146 Å². The largest absolute Gasteiger partial charge is 0.468 e. The van der Waals surface area contributed by atoms with Gasteiger partial charge in [0.05, 0.1) is 24.2 Å². The van der Waals surface area contributed by atoms with Gasteiger partial charge in [-0.25, -0.2) is 9.97 Å². The van der Waals surface area contributed by atoms with Crippen LogP contribution in [0.3, 0.4) is 0 Å². The number of likely N-dealkylation sites (N-methyl/N-ethyl adjacent to an activating group) is 1. The molecular formula is C18H21N5O2. The minimum absolute atomic E-state index is 0.373. The van der Waals surface area contributed by atoms with E-state index in [-0.39, 0.29) is 0 Å². The number of ether oxygens (including phenoxy) is 1. The zero-order valence-corrected chi connectivity index (χ0v) is 14.5. The van der Waals surface area contributed by atoms with E-state index in [4.69, 9.17) is 9.72 Å². The van der Waals surface area contributed by atoms with E-state index in [0.29, 0.717) is 17.0 Å². The summed E-state index contributed by atoms with van der Waals surface area (Å²) in [4.78, 5) is 25.8.